The van der Waals surface area contributed by atoms with Gasteiger partial charge >= 0.3 is 0 Å². The first kappa shape index (κ1) is 16.3. The molecular weight excluding hydrogens is 292 g/mol. The summed E-state index contributed by atoms with van der Waals surface area (Å²) in [7, 11) is 1.72. The van der Waals surface area contributed by atoms with Crippen LogP contribution in [0.4, 0.5) is 0 Å². The predicted octanol–water partition coefficient (Wildman–Crippen LogP) is 1.46. The van der Waals surface area contributed by atoms with Crippen LogP contribution >= 0.6 is 0 Å². The highest BCUT2D eigenvalue weighted by molar-refractivity contribution is 5.82. The maximum absolute atomic E-state index is 12.5. The van der Waals surface area contributed by atoms with E-state index in [0.29, 0.717) is 19.1 Å². The van der Waals surface area contributed by atoms with E-state index >= 15 is 0 Å². The summed E-state index contributed by atoms with van der Waals surface area (Å²) in [4.78, 5) is 14.5. The minimum atomic E-state index is -0.158. The van der Waals surface area contributed by atoms with Crippen molar-refractivity contribution in [1.82, 2.24) is 10.2 Å². The summed E-state index contributed by atoms with van der Waals surface area (Å²) in [5, 5.41) is 3.25. The van der Waals surface area contributed by atoms with E-state index in [2.05, 4.69) is 17.4 Å². The van der Waals surface area contributed by atoms with E-state index in [0.717, 1.165) is 44.6 Å². The maximum atomic E-state index is 12.5. The number of carbonyl (C=O) groups is 1. The summed E-state index contributed by atoms with van der Waals surface area (Å²) in [6.07, 6.45) is 3.13. The Hall–Kier alpha value is -1.59. The van der Waals surface area contributed by atoms with E-state index in [-0.39, 0.29) is 11.9 Å². The molecule has 126 valence electrons. The van der Waals surface area contributed by atoms with E-state index < -0.39 is 0 Å². The highest BCUT2D eigenvalue weighted by Crippen LogP contribution is 2.26. The number of benzene rings is 1. The molecule has 1 atom stereocenters. The first-order chi connectivity index (χ1) is 11.3. The molecule has 2 aliphatic rings. The fourth-order valence-electron chi connectivity index (χ4n) is 3.48. The molecule has 1 aromatic carbocycles. The van der Waals surface area contributed by atoms with Gasteiger partial charge in [0, 0.05) is 19.6 Å². The SMILES string of the molecule is COc1ccccc1CC1CCN(C(=O)C2COCCN2)CC1. The van der Waals surface area contributed by atoms with Crippen molar-refractivity contribution in [2.45, 2.75) is 25.3 Å². The molecule has 0 bridgehead atoms. The van der Waals surface area contributed by atoms with Gasteiger partial charge in [-0.1, -0.05) is 18.2 Å². The average Bonchev–Trinajstić information content (AvgIpc) is 2.63. The second-order valence-corrected chi connectivity index (χ2v) is 6.37. The number of amides is 1. The zero-order chi connectivity index (χ0) is 16.1. The van der Waals surface area contributed by atoms with Gasteiger partial charge < -0.3 is 19.7 Å². The molecular formula is C18H26N2O3. The lowest BCUT2D eigenvalue weighted by Gasteiger charge is -2.35. The van der Waals surface area contributed by atoms with Crippen LogP contribution in [0.25, 0.3) is 0 Å². The van der Waals surface area contributed by atoms with Crippen molar-refractivity contribution in [3.8, 4) is 5.75 Å². The molecule has 1 aromatic rings. The van der Waals surface area contributed by atoms with Gasteiger partial charge in [0.15, 0.2) is 0 Å². The van der Waals surface area contributed by atoms with E-state index in [1.165, 1.54) is 5.56 Å². The number of carbonyl (C=O) groups excluding carboxylic acids is 1. The normalized spacial score (nSPS) is 22.8. The van der Waals surface area contributed by atoms with E-state index in [1.807, 2.05) is 17.0 Å². The smallest absolute Gasteiger partial charge is 0.242 e. The number of nitrogens with zero attached hydrogens (tertiary/aromatic N) is 1. The van der Waals surface area contributed by atoms with Gasteiger partial charge in [-0.25, -0.2) is 0 Å². The Kier molecular flexibility index (Phi) is 5.51. The molecule has 1 amide bonds. The third kappa shape index (κ3) is 4.03. The highest BCUT2D eigenvalue weighted by Gasteiger charge is 2.29. The summed E-state index contributed by atoms with van der Waals surface area (Å²) in [6, 6.07) is 8.06. The van der Waals surface area contributed by atoms with Gasteiger partial charge in [0.2, 0.25) is 5.91 Å². The van der Waals surface area contributed by atoms with E-state index in [4.69, 9.17) is 9.47 Å². The highest BCUT2D eigenvalue weighted by atomic mass is 16.5. The number of ether oxygens (including phenoxy) is 2. The average molecular weight is 318 g/mol. The summed E-state index contributed by atoms with van der Waals surface area (Å²) in [5.41, 5.74) is 1.27. The fourth-order valence-corrected chi connectivity index (χ4v) is 3.48. The van der Waals surface area contributed by atoms with E-state index in [9.17, 15) is 4.79 Å². The summed E-state index contributed by atoms with van der Waals surface area (Å²) in [6.45, 7) is 3.65. The van der Waals surface area contributed by atoms with Crippen molar-refractivity contribution in [3.05, 3.63) is 29.8 Å². The molecule has 5 nitrogen and oxygen atoms in total. The number of methoxy groups -OCH3 is 1. The van der Waals surface area contributed by atoms with Crippen molar-refractivity contribution in [3.63, 3.8) is 0 Å². The molecule has 23 heavy (non-hydrogen) atoms. The van der Waals surface area contributed by atoms with Crippen LogP contribution in [-0.2, 0) is 16.0 Å². The Morgan fingerprint density at radius 1 is 1.35 bits per heavy atom. The maximum Gasteiger partial charge on any atom is 0.242 e. The molecule has 5 heteroatoms. The zero-order valence-corrected chi connectivity index (χ0v) is 13.8. The minimum Gasteiger partial charge on any atom is -0.496 e. The van der Waals surface area contributed by atoms with Crippen LogP contribution in [0.5, 0.6) is 5.75 Å². The Balaban J connectivity index is 1.51. The van der Waals surface area contributed by atoms with Crippen LogP contribution in [-0.4, -0.2) is 56.8 Å². The third-order valence-electron chi connectivity index (χ3n) is 4.85. The number of piperidine rings is 1. The van der Waals surface area contributed by atoms with Gasteiger partial charge in [0.25, 0.3) is 0 Å². The fraction of sp³-hybridized carbons (Fsp3) is 0.611. The van der Waals surface area contributed by atoms with Crippen molar-refractivity contribution >= 4 is 5.91 Å². The van der Waals surface area contributed by atoms with Gasteiger partial charge in [-0.2, -0.15) is 0 Å². The quantitative estimate of drug-likeness (QED) is 0.913. The Morgan fingerprint density at radius 2 is 2.13 bits per heavy atom. The van der Waals surface area contributed by atoms with Crippen LogP contribution < -0.4 is 10.1 Å². The molecule has 3 rings (SSSR count). The molecule has 0 radical (unpaired) electrons. The Bertz CT molecular complexity index is 521. The zero-order valence-electron chi connectivity index (χ0n) is 13.8. The Morgan fingerprint density at radius 3 is 2.83 bits per heavy atom. The van der Waals surface area contributed by atoms with Crippen LogP contribution in [0.15, 0.2) is 24.3 Å². The number of rotatable bonds is 4. The third-order valence-corrected chi connectivity index (χ3v) is 4.85. The van der Waals surface area contributed by atoms with Crippen molar-refractivity contribution in [1.29, 1.82) is 0 Å². The van der Waals surface area contributed by atoms with Crippen LogP contribution in [0.2, 0.25) is 0 Å². The second kappa shape index (κ2) is 7.79. The molecule has 0 aliphatic carbocycles. The number of morpholine rings is 1. The lowest BCUT2D eigenvalue weighted by Crippen LogP contribution is -2.54. The summed E-state index contributed by atoms with van der Waals surface area (Å²) >= 11 is 0. The molecule has 2 saturated heterocycles. The van der Waals surface area contributed by atoms with Gasteiger partial charge in [-0.3, -0.25) is 4.79 Å². The summed E-state index contributed by atoms with van der Waals surface area (Å²) < 4.78 is 10.8. The molecule has 0 spiro atoms. The number of hydrogen-bond acceptors (Lipinski definition) is 4. The van der Waals surface area contributed by atoms with Gasteiger partial charge in [0.05, 0.1) is 20.3 Å². The monoisotopic (exact) mass is 318 g/mol. The van der Waals surface area contributed by atoms with Crippen LogP contribution in [0.3, 0.4) is 0 Å². The number of likely N-dealkylation sites (tertiary alicyclic amines) is 1. The minimum absolute atomic E-state index is 0.158. The van der Waals surface area contributed by atoms with E-state index in [1.54, 1.807) is 7.11 Å². The number of nitrogens with one attached hydrogen (secondary N) is 1. The molecule has 0 saturated carbocycles. The second-order valence-electron chi connectivity index (χ2n) is 6.37. The van der Waals surface area contributed by atoms with Crippen molar-refractivity contribution in [2.24, 2.45) is 5.92 Å². The molecule has 1 N–H and O–H groups in total. The predicted molar refractivity (Wildman–Crippen MR) is 88.6 cm³/mol. The molecule has 1 unspecified atom stereocenters. The lowest BCUT2D eigenvalue weighted by atomic mass is 9.89. The standard InChI is InChI=1S/C18H26N2O3/c1-22-17-5-3-2-4-15(17)12-14-6-9-20(10-7-14)18(21)16-13-23-11-8-19-16/h2-5,14,16,19H,6-13H2,1H3. The molecule has 0 aromatic heterocycles. The number of para-hydroxylation sites is 1. The largest absolute Gasteiger partial charge is 0.496 e. The van der Waals surface area contributed by atoms with Crippen LogP contribution in [0.1, 0.15) is 18.4 Å². The van der Waals surface area contributed by atoms with Crippen LogP contribution in [0, 0.1) is 5.92 Å². The molecule has 2 aliphatic heterocycles. The number of hydrogen-bond donors (Lipinski definition) is 1. The van der Waals surface area contributed by atoms with Gasteiger partial charge in [0.1, 0.15) is 11.8 Å². The Labute approximate surface area is 137 Å². The summed E-state index contributed by atoms with van der Waals surface area (Å²) in [5.74, 6) is 1.78. The first-order valence-electron chi connectivity index (χ1n) is 8.49. The van der Waals surface area contributed by atoms with Crippen molar-refractivity contribution < 1.29 is 14.3 Å². The molecule has 2 heterocycles. The van der Waals surface area contributed by atoms with Gasteiger partial charge in [-0.05, 0) is 36.8 Å². The first-order valence-corrected chi connectivity index (χ1v) is 8.49. The van der Waals surface area contributed by atoms with Gasteiger partial charge in [-0.15, -0.1) is 0 Å². The topological polar surface area (TPSA) is 50.8 Å². The lowest BCUT2D eigenvalue weighted by molar-refractivity contribution is -0.137. The van der Waals surface area contributed by atoms with Crippen molar-refractivity contribution in [2.75, 3.05) is 40.0 Å². The molecule has 2 fully saturated rings.